The molecule has 43 heavy (non-hydrogen) atoms. The fourth-order valence-corrected chi connectivity index (χ4v) is 3.60. The van der Waals surface area contributed by atoms with Gasteiger partial charge in [0.25, 0.3) is 0 Å². The van der Waals surface area contributed by atoms with Crippen LogP contribution in [0.3, 0.4) is 0 Å². The van der Waals surface area contributed by atoms with Crippen molar-refractivity contribution in [2.24, 2.45) is 39.6 Å². The zero-order valence-electron chi connectivity index (χ0n) is 24.8. The second kappa shape index (κ2) is 19.6. The number of carboxylic acid groups (broad SMARTS) is 1. The first kappa shape index (κ1) is 38.5. The van der Waals surface area contributed by atoms with E-state index in [2.05, 4.69) is 26.3 Å². The van der Waals surface area contributed by atoms with Gasteiger partial charge in [0.15, 0.2) is 5.96 Å². The van der Waals surface area contributed by atoms with Crippen molar-refractivity contribution >= 4 is 47.4 Å². The Morgan fingerprint density at radius 1 is 0.698 bits per heavy atom. The van der Waals surface area contributed by atoms with Crippen molar-refractivity contribution in [1.82, 2.24) is 21.3 Å². The minimum absolute atomic E-state index is 0.0987. The molecule has 18 heteroatoms. The molecule has 0 aliphatic heterocycles. The van der Waals surface area contributed by atoms with E-state index < -0.39 is 71.6 Å². The Hall–Kier alpha value is -4.48. The molecule has 6 atom stereocenters. The molecule has 0 spiro atoms. The van der Waals surface area contributed by atoms with Crippen LogP contribution >= 0.6 is 0 Å². The quantitative estimate of drug-likeness (QED) is 0.0337. The largest absolute Gasteiger partial charge is 0.480 e. The molecular formula is C25H46N10O8. The van der Waals surface area contributed by atoms with E-state index in [1.807, 2.05) is 6.92 Å². The van der Waals surface area contributed by atoms with E-state index >= 15 is 0 Å². The zero-order chi connectivity index (χ0) is 33.3. The Balaban J connectivity index is 5.64. The fraction of sp³-hybridized carbons (Fsp3) is 0.680. The molecule has 15 N–H and O–H groups in total. The van der Waals surface area contributed by atoms with Gasteiger partial charge in [0.1, 0.15) is 24.2 Å². The molecule has 0 aliphatic rings. The minimum atomic E-state index is -1.50. The molecule has 0 unspecified atom stereocenters. The van der Waals surface area contributed by atoms with E-state index in [9.17, 15) is 38.7 Å². The average Bonchev–Trinajstić information content (AvgIpc) is 2.92. The number of hydrogen-bond donors (Lipinski definition) is 10. The van der Waals surface area contributed by atoms with Crippen LogP contribution < -0.4 is 49.9 Å². The Morgan fingerprint density at radius 3 is 1.65 bits per heavy atom. The van der Waals surface area contributed by atoms with Crippen LogP contribution in [0.2, 0.25) is 0 Å². The van der Waals surface area contributed by atoms with Crippen LogP contribution in [0.5, 0.6) is 0 Å². The van der Waals surface area contributed by atoms with Gasteiger partial charge in [0.05, 0.1) is 6.04 Å². The fourth-order valence-electron chi connectivity index (χ4n) is 3.60. The first-order valence-corrected chi connectivity index (χ1v) is 13.8. The molecule has 0 heterocycles. The summed E-state index contributed by atoms with van der Waals surface area (Å²) in [6.07, 6.45) is -0.241. The van der Waals surface area contributed by atoms with Gasteiger partial charge in [-0.25, -0.2) is 4.79 Å². The highest BCUT2D eigenvalue weighted by Crippen LogP contribution is 2.08. The Bertz CT molecular complexity index is 1030. The molecule has 0 aromatic heterocycles. The van der Waals surface area contributed by atoms with Crippen molar-refractivity contribution in [3.8, 4) is 0 Å². The van der Waals surface area contributed by atoms with Crippen LogP contribution in [-0.4, -0.2) is 89.2 Å². The molecule has 6 amide bonds. The zero-order valence-corrected chi connectivity index (χ0v) is 24.8. The summed E-state index contributed by atoms with van der Waals surface area (Å²) < 4.78 is 0. The number of amides is 6. The third-order valence-corrected chi connectivity index (χ3v) is 6.50. The lowest BCUT2D eigenvalue weighted by molar-refractivity contribution is -0.142. The standard InChI is InChI=1S/C25H46N10O8/c1-4-12(2)19(28)23(41)34-14(6-5-11-31-25(29)30)21(39)32-13(3)20(38)33-15(7-9-17(26)36)22(40)35-16(24(42)43)8-10-18(27)37/h12-16,19H,4-11,28H2,1-3H3,(H2,26,36)(H2,27,37)(H,32,39)(H,33,38)(H,34,41)(H,35,40)(H,42,43)(H4,29,30,31)/t12-,13-,14-,15-,16-,19-/m0/s1. The Morgan fingerprint density at radius 2 is 1.16 bits per heavy atom. The molecule has 0 saturated carbocycles. The summed E-state index contributed by atoms with van der Waals surface area (Å²) in [5.74, 6) is -6.45. The van der Waals surface area contributed by atoms with Crippen LogP contribution in [0.15, 0.2) is 4.99 Å². The molecule has 244 valence electrons. The highest BCUT2D eigenvalue weighted by molar-refractivity contribution is 5.95. The van der Waals surface area contributed by atoms with Crippen LogP contribution in [0, 0.1) is 5.92 Å². The maximum absolute atomic E-state index is 13.1. The smallest absolute Gasteiger partial charge is 0.326 e. The lowest BCUT2D eigenvalue weighted by atomic mass is 9.98. The van der Waals surface area contributed by atoms with Crippen LogP contribution in [-0.2, 0) is 33.6 Å². The van der Waals surface area contributed by atoms with Crippen molar-refractivity contribution in [1.29, 1.82) is 0 Å². The second-order valence-electron chi connectivity index (χ2n) is 10.1. The highest BCUT2D eigenvalue weighted by atomic mass is 16.4. The first-order chi connectivity index (χ1) is 20.0. The van der Waals surface area contributed by atoms with Crippen LogP contribution in [0.25, 0.3) is 0 Å². The van der Waals surface area contributed by atoms with Gasteiger partial charge in [-0.1, -0.05) is 20.3 Å². The number of rotatable bonds is 21. The summed E-state index contributed by atoms with van der Waals surface area (Å²) in [5.41, 5.74) is 26.8. The van der Waals surface area contributed by atoms with Crippen LogP contribution in [0.4, 0.5) is 0 Å². The van der Waals surface area contributed by atoms with Gasteiger partial charge in [-0.3, -0.25) is 33.8 Å². The SMILES string of the molecule is CC[C@H](C)[C@H](N)C(=O)N[C@@H](CCCN=C(N)N)C(=O)N[C@@H](C)C(=O)N[C@@H](CCC(N)=O)C(=O)N[C@@H](CCC(N)=O)C(=O)O. The maximum atomic E-state index is 13.1. The number of hydrogen-bond acceptors (Lipinski definition) is 9. The summed E-state index contributed by atoms with van der Waals surface area (Å²) in [6.45, 7) is 5.12. The normalized spacial score (nSPS) is 14.9. The molecule has 0 fully saturated rings. The second-order valence-corrected chi connectivity index (χ2v) is 10.1. The average molecular weight is 615 g/mol. The molecule has 0 saturated heterocycles. The molecule has 0 aliphatic carbocycles. The van der Waals surface area contributed by atoms with Gasteiger partial charge in [-0.15, -0.1) is 0 Å². The lowest BCUT2D eigenvalue weighted by Crippen LogP contribution is -2.58. The number of carbonyl (C=O) groups is 7. The van der Waals surface area contributed by atoms with E-state index in [0.29, 0.717) is 12.8 Å². The van der Waals surface area contributed by atoms with Gasteiger partial charge >= 0.3 is 5.97 Å². The number of carboxylic acids is 1. The summed E-state index contributed by atoms with van der Waals surface area (Å²) in [4.78, 5) is 89.3. The molecular weight excluding hydrogens is 568 g/mol. The van der Waals surface area contributed by atoms with Crippen molar-refractivity contribution in [2.75, 3.05) is 6.54 Å². The number of carbonyl (C=O) groups excluding carboxylic acids is 6. The van der Waals surface area contributed by atoms with Crippen molar-refractivity contribution in [2.45, 2.75) is 95.9 Å². The predicted molar refractivity (Wildman–Crippen MR) is 155 cm³/mol. The van der Waals surface area contributed by atoms with Crippen LogP contribution in [0.1, 0.15) is 65.7 Å². The van der Waals surface area contributed by atoms with E-state index in [1.54, 1.807) is 6.92 Å². The topological polar surface area (TPSA) is 330 Å². The summed E-state index contributed by atoms with van der Waals surface area (Å²) in [5, 5.41) is 19.0. The lowest BCUT2D eigenvalue weighted by Gasteiger charge is -2.25. The molecule has 0 bridgehead atoms. The van der Waals surface area contributed by atoms with Gasteiger partial charge < -0.3 is 55.0 Å². The van der Waals surface area contributed by atoms with E-state index in [4.69, 9.17) is 28.7 Å². The van der Waals surface area contributed by atoms with Gasteiger partial charge in [-0.05, 0) is 38.5 Å². The summed E-state index contributed by atoms with van der Waals surface area (Å²) in [6, 6.07) is -6.17. The van der Waals surface area contributed by atoms with Gasteiger partial charge in [-0.2, -0.15) is 0 Å². The highest BCUT2D eigenvalue weighted by Gasteiger charge is 2.31. The summed E-state index contributed by atoms with van der Waals surface area (Å²) >= 11 is 0. The Kier molecular flexibility index (Phi) is 17.6. The van der Waals surface area contributed by atoms with Crippen molar-refractivity contribution in [3.05, 3.63) is 0 Å². The summed E-state index contributed by atoms with van der Waals surface area (Å²) in [7, 11) is 0. The molecule has 0 rings (SSSR count). The maximum Gasteiger partial charge on any atom is 0.326 e. The predicted octanol–water partition coefficient (Wildman–Crippen LogP) is -4.01. The van der Waals surface area contributed by atoms with E-state index in [1.165, 1.54) is 6.92 Å². The molecule has 0 aromatic rings. The minimum Gasteiger partial charge on any atom is -0.480 e. The van der Waals surface area contributed by atoms with Gasteiger partial charge in [0, 0.05) is 19.4 Å². The number of aliphatic imine (C=N–C) groups is 1. The monoisotopic (exact) mass is 614 g/mol. The van der Waals surface area contributed by atoms with E-state index in [0.717, 1.165) is 0 Å². The number of nitrogens with two attached hydrogens (primary N) is 5. The number of nitrogens with one attached hydrogen (secondary N) is 4. The number of aliphatic carboxylic acids is 1. The number of primary amides is 2. The van der Waals surface area contributed by atoms with Crippen molar-refractivity contribution < 1.29 is 38.7 Å². The van der Waals surface area contributed by atoms with Gasteiger partial charge in [0.2, 0.25) is 35.4 Å². The third kappa shape index (κ3) is 15.9. The molecule has 18 nitrogen and oxygen atoms in total. The van der Waals surface area contributed by atoms with Crippen molar-refractivity contribution in [3.63, 3.8) is 0 Å². The number of guanidine groups is 1. The Labute approximate surface area is 249 Å². The number of nitrogens with zero attached hydrogens (tertiary/aromatic N) is 1. The molecule has 0 aromatic carbocycles. The molecule has 0 radical (unpaired) electrons. The first-order valence-electron chi connectivity index (χ1n) is 13.8. The van der Waals surface area contributed by atoms with E-state index in [-0.39, 0.29) is 50.5 Å². The third-order valence-electron chi connectivity index (χ3n) is 6.50.